The molecule has 0 saturated carbocycles. The average molecular weight is 430 g/mol. The molecular formula is C18H30N4O8. The van der Waals surface area contributed by atoms with Crippen LogP contribution in [0.5, 0.6) is 0 Å². The van der Waals surface area contributed by atoms with E-state index in [1.54, 1.807) is 27.7 Å². The van der Waals surface area contributed by atoms with E-state index < -0.39 is 36.5 Å². The Kier molecular flexibility index (Phi) is 8.36. The lowest BCUT2D eigenvalue weighted by Crippen LogP contribution is -2.73. The molecular weight excluding hydrogens is 400 g/mol. The normalized spacial score (nSPS) is 20.9. The van der Waals surface area contributed by atoms with E-state index in [-0.39, 0.29) is 52.9 Å². The second-order valence-electron chi connectivity index (χ2n) is 6.60. The third-order valence-corrected chi connectivity index (χ3v) is 4.76. The number of hydrogen-bond donors (Lipinski definition) is 0. The molecule has 4 amide bonds. The third kappa shape index (κ3) is 5.16. The molecule has 0 aromatic rings. The van der Waals surface area contributed by atoms with Crippen molar-refractivity contribution < 1.29 is 38.1 Å². The topological polar surface area (TPSA) is 118 Å². The average Bonchev–Trinajstić information content (AvgIpc) is 2.72. The summed E-state index contributed by atoms with van der Waals surface area (Å²) in [7, 11) is 0. The minimum absolute atomic E-state index is 0.0911. The number of nitrogens with zero attached hydrogens (tertiary/aromatic N) is 4. The van der Waals surface area contributed by atoms with Gasteiger partial charge in [-0.15, -0.1) is 0 Å². The first-order valence-corrected chi connectivity index (χ1v) is 10.1. The van der Waals surface area contributed by atoms with Crippen molar-refractivity contribution in [3.8, 4) is 0 Å². The van der Waals surface area contributed by atoms with Crippen molar-refractivity contribution in [3.05, 3.63) is 0 Å². The number of carbonyl (C=O) groups excluding carboxylic acids is 4. The second kappa shape index (κ2) is 10.7. The van der Waals surface area contributed by atoms with Gasteiger partial charge in [-0.25, -0.2) is 19.2 Å². The van der Waals surface area contributed by atoms with E-state index in [0.717, 1.165) is 0 Å². The van der Waals surface area contributed by atoms with Crippen LogP contribution in [0.25, 0.3) is 0 Å². The van der Waals surface area contributed by atoms with Gasteiger partial charge < -0.3 is 18.9 Å². The van der Waals surface area contributed by atoms with Crippen molar-refractivity contribution in [1.29, 1.82) is 0 Å². The molecule has 0 N–H and O–H groups in total. The van der Waals surface area contributed by atoms with Crippen molar-refractivity contribution in [3.63, 3.8) is 0 Å². The van der Waals surface area contributed by atoms with Gasteiger partial charge in [-0.3, -0.25) is 19.6 Å². The van der Waals surface area contributed by atoms with E-state index in [0.29, 0.717) is 0 Å². The highest BCUT2D eigenvalue weighted by Gasteiger charge is 2.49. The summed E-state index contributed by atoms with van der Waals surface area (Å²) in [6.45, 7) is 7.35. The van der Waals surface area contributed by atoms with Gasteiger partial charge in [0.05, 0.1) is 38.5 Å². The smallest absolute Gasteiger partial charge is 0.411 e. The van der Waals surface area contributed by atoms with E-state index in [4.69, 9.17) is 18.9 Å². The molecule has 0 spiro atoms. The van der Waals surface area contributed by atoms with Crippen molar-refractivity contribution in [1.82, 2.24) is 19.6 Å². The summed E-state index contributed by atoms with van der Waals surface area (Å²) in [5.74, 6) is 0. The maximum atomic E-state index is 12.6. The molecule has 0 aromatic carbocycles. The molecule has 2 atom stereocenters. The Morgan fingerprint density at radius 3 is 1.20 bits per heavy atom. The number of carbonyl (C=O) groups is 4. The Balaban J connectivity index is 2.38. The van der Waals surface area contributed by atoms with Gasteiger partial charge in [0.15, 0.2) is 0 Å². The van der Waals surface area contributed by atoms with Crippen molar-refractivity contribution in [2.45, 2.75) is 39.8 Å². The fourth-order valence-electron chi connectivity index (χ4n) is 3.49. The van der Waals surface area contributed by atoms with Crippen LogP contribution < -0.4 is 0 Å². The van der Waals surface area contributed by atoms with E-state index >= 15 is 0 Å². The van der Waals surface area contributed by atoms with Gasteiger partial charge in [0.1, 0.15) is 13.3 Å². The first-order chi connectivity index (χ1) is 14.4. The lowest BCUT2D eigenvalue weighted by Gasteiger charge is -2.52. The standard InChI is InChI=1S/C18H30N4O8/c1-5-27-15(23)19-9-13-14(21(11-19)17(25)29-7-3)10-20(16(24)28-6-2)12-22(13)18(26)30-8-4/h13-14H,5-12H2,1-4H3/t13-,14-/m1/s1. The lowest BCUT2D eigenvalue weighted by molar-refractivity contribution is -0.0694. The highest BCUT2D eigenvalue weighted by molar-refractivity contribution is 5.75. The Hall–Kier alpha value is -2.92. The van der Waals surface area contributed by atoms with Crippen LogP contribution in [0.2, 0.25) is 0 Å². The molecule has 0 unspecified atom stereocenters. The number of amides is 4. The zero-order chi connectivity index (χ0) is 22.3. The highest BCUT2D eigenvalue weighted by atomic mass is 16.6. The van der Waals surface area contributed by atoms with Gasteiger partial charge in [0, 0.05) is 13.1 Å². The van der Waals surface area contributed by atoms with Crippen LogP contribution in [-0.4, -0.2) is 109 Å². The van der Waals surface area contributed by atoms with Gasteiger partial charge in [0.25, 0.3) is 0 Å². The van der Waals surface area contributed by atoms with Gasteiger partial charge >= 0.3 is 24.4 Å². The molecule has 2 saturated heterocycles. The molecule has 2 rings (SSSR count). The molecule has 2 heterocycles. The van der Waals surface area contributed by atoms with Crippen molar-refractivity contribution >= 4 is 24.4 Å². The number of hydrogen-bond acceptors (Lipinski definition) is 8. The summed E-state index contributed by atoms with van der Waals surface area (Å²) in [6.07, 6.45) is -2.53. The largest absolute Gasteiger partial charge is 0.450 e. The predicted octanol–water partition coefficient (Wildman–Crippen LogP) is 1.50. The Morgan fingerprint density at radius 2 is 0.900 bits per heavy atom. The first kappa shape index (κ1) is 23.4. The van der Waals surface area contributed by atoms with Crippen LogP contribution in [-0.2, 0) is 18.9 Å². The highest BCUT2D eigenvalue weighted by Crippen LogP contribution is 2.27. The van der Waals surface area contributed by atoms with Crippen molar-refractivity contribution in [2.24, 2.45) is 0 Å². The van der Waals surface area contributed by atoms with E-state index in [9.17, 15) is 19.2 Å². The van der Waals surface area contributed by atoms with Gasteiger partial charge in [-0.1, -0.05) is 0 Å². The zero-order valence-electron chi connectivity index (χ0n) is 17.9. The second-order valence-corrected chi connectivity index (χ2v) is 6.60. The van der Waals surface area contributed by atoms with Crippen LogP contribution in [0.1, 0.15) is 27.7 Å². The summed E-state index contributed by atoms with van der Waals surface area (Å²) < 4.78 is 20.4. The first-order valence-electron chi connectivity index (χ1n) is 10.1. The number of rotatable bonds is 4. The minimum Gasteiger partial charge on any atom is -0.450 e. The van der Waals surface area contributed by atoms with Crippen LogP contribution >= 0.6 is 0 Å². The zero-order valence-corrected chi connectivity index (χ0v) is 17.9. The van der Waals surface area contributed by atoms with Crippen molar-refractivity contribution in [2.75, 3.05) is 52.9 Å². The minimum atomic E-state index is -0.656. The molecule has 2 aliphatic rings. The number of ether oxygens (including phenoxy) is 4. The summed E-state index contributed by atoms with van der Waals surface area (Å²) in [5.41, 5.74) is 0. The Bertz CT molecular complexity index is 592. The lowest BCUT2D eigenvalue weighted by atomic mass is 9.99. The molecule has 2 aliphatic heterocycles. The molecule has 0 bridgehead atoms. The SMILES string of the molecule is CCOC(=O)N1C[C@@H]2[C@@H](CN(C(=O)OCC)CN2C(=O)OCC)N(C(=O)OCC)C1. The summed E-state index contributed by atoms with van der Waals surface area (Å²) in [5, 5.41) is 0. The van der Waals surface area contributed by atoms with Crippen LogP contribution in [0.3, 0.4) is 0 Å². The quantitative estimate of drug-likeness (QED) is 0.616. The predicted molar refractivity (Wildman–Crippen MR) is 102 cm³/mol. The molecule has 12 heteroatoms. The maximum absolute atomic E-state index is 12.6. The molecule has 30 heavy (non-hydrogen) atoms. The van der Waals surface area contributed by atoms with E-state index in [1.807, 2.05) is 0 Å². The molecule has 170 valence electrons. The van der Waals surface area contributed by atoms with Gasteiger partial charge in [-0.2, -0.15) is 0 Å². The summed E-state index contributed by atoms with van der Waals surface area (Å²) >= 11 is 0. The maximum Gasteiger partial charge on any atom is 0.411 e. The third-order valence-electron chi connectivity index (χ3n) is 4.76. The molecule has 0 aliphatic carbocycles. The summed E-state index contributed by atoms with van der Waals surface area (Å²) in [4.78, 5) is 55.3. The van der Waals surface area contributed by atoms with Crippen LogP contribution in [0.4, 0.5) is 19.2 Å². The summed E-state index contributed by atoms with van der Waals surface area (Å²) in [6, 6.07) is -1.23. The van der Waals surface area contributed by atoms with E-state index in [2.05, 4.69) is 0 Å². The van der Waals surface area contributed by atoms with Gasteiger partial charge in [-0.05, 0) is 27.7 Å². The molecule has 0 aromatic heterocycles. The van der Waals surface area contributed by atoms with Gasteiger partial charge in [0.2, 0.25) is 0 Å². The van der Waals surface area contributed by atoms with E-state index in [1.165, 1.54) is 19.6 Å². The monoisotopic (exact) mass is 430 g/mol. The van der Waals surface area contributed by atoms with Crippen LogP contribution in [0, 0.1) is 0 Å². The fraction of sp³-hybridized carbons (Fsp3) is 0.778. The molecule has 0 radical (unpaired) electrons. The molecule has 2 fully saturated rings. The molecule has 12 nitrogen and oxygen atoms in total. The Morgan fingerprint density at radius 1 is 0.600 bits per heavy atom. The fourth-order valence-corrected chi connectivity index (χ4v) is 3.49. The Labute approximate surface area is 175 Å². The van der Waals surface area contributed by atoms with Crippen LogP contribution in [0.15, 0.2) is 0 Å². The number of fused-ring (bicyclic) bond motifs is 1.